The van der Waals surface area contributed by atoms with E-state index in [1.807, 2.05) is 0 Å². The Morgan fingerprint density at radius 1 is 1.32 bits per heavy atom. The minimum Gasteiger partial charge on any atom is -0.325 e. The van der Waals surface area contributed by atoms with Gasteiger partial charge in [0.05, 0.1) is 12.8 Å². The summed E-state index contributed by atoms with van der Waals surface area (Å²) in [6.45, 7) is 3.10. The van der Waals surface area contributed by atoms with Crippen molar-refractivity contribution >= 4 is 21.6 Å². The van der Waals surface area contributed by atoms with E-state index in [0.717, 1.165) is 10.6 Å². The highest BCUT2D eigenvalue weighted by molar-refractivity contribution is 7.88. The molecule has 5 nitrogen and oxygen atoms in total. The van der Waals surface area contributed by atoms with Gasteiger partial charge in [-0.15, -0.1) is 0 Å². The topological polar surface area (TPSA) is 66.5 Å². The predicted molar refractivity (Wildman–Crippen MR) is 71.7 cm³/mol. The molecule has 0 radical (unpaired) electrons. The molecule has 0 unspecified atom stereocenters. The molecule has 0 fully saturated rings. The molecule has 1 N–H and O–H groups in total. The normalized spacial score (nSPS) is 11.9. The third-order valence-corrected chi connectivity index (χ3v) is 3.83. The Labute approximate surface area is 112 Å². The van der Waals surface area contributed by atoms with E-state index >= 15 is 0 Å². The number of amides is 1. The molecule has 0 bridgehead atoms. The fourth-order valence-corrected chi connectivity index (χ4v) is 2.68. The molecule has 106 valence electrons. The van der Waals surface area contributed by atoms with Gasteiger partial charge < -0.3 is 5.32 Å². The summed E-state index contributed by atoms with van der Waals surface area (Å²) < 4.78 is 36.8. The Hall–Kier alpha value is -1.47. The highest BCUT2D eigenvalue weighted by Gasteiger charge is 2.22. The van der Waals surface area contributed by atoms with Crippen molar-refractivity contribution in [2.45, 2.75) is 19.9 Å². The van der Waals surface area contributed by atoms with Crippen molar-refractivity contribution in [1.82, 2.24) is 4.31 Å². The van der Waals surface area contributed by atoms with Crippen molar-refractivity contribution in [3.05, 3.63) is 30.1 Å². The number of halogens is 1. The minimum atomic E-state index is -3.45. The summed E-state index contributed by atoms with van der Waals surface area (Å²) in [6, 6.07) is 4.94. The Kier molecular flexibility index (Phi) is 5.02. The summed E-state index contributed by atoms with van der Waals surface area (Å²) in [5, 5.41) is 2.51. The van der Waals surface area contributed by atoms with E-state index in [1.165, 1.54) is 24.3 Å². The van der Waals surface area contributed by atoms with E-state index in [4.69, 9.17) is 0 Å². The molecule has 0 aliphatic carbocycles. The lowest BCUT2D eigenvalue weighted by atomic mass is 10.3. The molecule has 1 amide bonds. The van der Waals surface area contributed by atoms with Gasteiger partial charge in [-0.3, -0.25) is 4.79 Å². The van der Waals surface area contributed by atoms with E-state index in [9.17, 15) is 17.6 Å². The van der Waals surface area contributed by atoms with Crippen molar-refractivity contribution < 1.29 is 17.6 Å². The molecule has 1 aromatic rings. The standard InChI is InChI=1S/C12H17FN2O3S/c1-9(2)15(19(3,17)18)8-12(16)14-11-6-4-10(13)5-7-11/h4-7,9H,8H2,1-3H3,(H,14,16). The smallest absolute Gasteiger partial charge is 0.239 e. The van der Waals surface area contributed by atoms with Gasteiger partial charge in [-0.2, -0.15) is 4.31 Å². The molecule has 1 aromatic carbocycles. The quantitative estimate of drug-likeness (QED) is 0.891. The molecule has 0 aliphatic heterocycles. The molecule has 0 aliphatic rings. The number of hydrogen-bond acceptors (Lipinski definition) is 3. The van der Waals surface area contributed by atoms with Crippen molar-refractivity contribution in [2.75, 3.05) is 18.1 Å². The van der Waals surface area contributed by atoms with Gasteiger partial charge in [-0.25, -0.2) is 12.8 Å². The van der Waals surface area contributed by atoms with Crippen LogP contribution in [0.2, 0.25) is 0 Å². The van der Waals surface area contributed by atoms with Crippen LogP contribution in [0.25, 0.3) is 0 Å². The van der Waals surface area contributed by atoms with Gasteiger partial charge in [0.1, 0.15) is 5.82 Å². The first-order chi connectivity index (χ1) is 8.70. The first kappa shape index (κ1) is 15.6. The Balaban J connectivity index is 2.71. The van der Waals surface area contributed by atoms with Crippen LogP contribution in [0.4, 0.5) is 10.1 Å². The Morgan fingerprint density at radius 3 is 2.26 bits per heavy atom. The Morgan fingerprint density at radius 2 is 1.84 bits per heavy atom. The summed E-state index contributed by atoms with van der Waals surface area (Å²) in [6.07, 6.45) is 1.05. The molecular weight excluding hydrogens is 271 g/mol. The maximum atomic E-state index is 12.7. The number of anilines is 1. The van der Waals surface area contributed by atoms with E-state index in [0.29, 0.717) is 5.69 Å². The van der Waals surface area contributed by atoms with Gasteiger partial charge in [0.25, 0.3) is 0 Å². The number of hydrogen-bond donors (Lipinski definition) is 1. The van der Waals surface area contributed by atoms with Crippen molar-refractivity contribution in [3.8, 4) is 0 Å². The molecule has 0 saturated heterocycles. The zero-order chi connectivity index (χ0) is 14.6. The van der Waals surface area contributed by atoms with Crippen molar-refractivity contribution in [3.63, 3.8) is 0 Å². The lowest BCUT2D eigenvalue weighted by molar-refractivity contribution is -0.116. The van der Waals surface area contributed by atoms with Gasteiger partial charge in [-0.1, -0.05) is 0 Å². The number of nitrogens with one attached hydrogen (secondary N) is 1. The second-order valence-electron chi connectivity index (χ2n) is 4.46. The lowest BCUT2D eigenvalue weighted by Crippen LogP contribution is -2.41. The van der Waals surface area contributed by atoms with Crippen LogP contribution in [0.15, 0.2) is 24.3 Å². The predicted octanol–water partition coefficient (Wildman–Crippen LogP) is 1.43. The lowest BCUT2D eigenvalue weighted by Gasteiger charge is -2.23. The summed E-state index contributed by atoms with van der Waals surface area (Å²) in [5.74, 6) is -0.872. The van der Waals surface area contributed by atoms with Crippen LogP contribution in [0, 0.1) is 5.82 Å². The minimum absolute atomic E-state index is 0.270. The molecule has 0 saturated carbocycles. The summed E-state index contributed by atoms with van der Waals surface area (Å²) in [5.41, 5.74) is 0.420. The molecule has 0 heterocycles. The number of carbonyl (C=O) groups is 1. The molecule has 0 spiro atoms. The van der Waals surface area contributed by atoms with E-state index in [2.05, 4.69) is 5.32 Å². The van der Waals surface area contributed by atoms with E-state index in [1.54, 1.807) is 13.8 Å². The third kappa shape index (κ3) is 4.96. The first-order valence-electron chi connectivity index (χ1n) is 5.72. The van der Waals surface area contributed by atoms with Gasteiger partial charge >= 0.3 is 0 Å². The molecule has 1 rings (SSSR count). The fourth-order valence-electron chi connectivity index (χ4n) is 1.56. The van der Waals surface area contributed by atoms with Crippen LogP contribution in [0.1, 0.15) is 13.8 Å². The third-order valence-electron chi connectivity index (χ3n) is 2.43. The van der Waals surface area contributed by atoms with Crippen molar-refractivity contribution in [1.29, 1.82) is 0 Å². The largest absolute Gasteiger partial charge is 0.325 e. The van der Waals surface area contributed by atoms with Gasteiger partial charge in [0.2, 0.25) is 15.9 Å². The second kappa shape index (κ2) is 6.12. The van der Waals surface area contributed by atoms with Crippen LogP contribution < -0.4 is 5.32 Å². The van der Waals surface area contributed by atoms with Crippen molar-refractivity contribution in [2.24, 2.45) is 0 Å². The van der Waals surface area contributed by atoms with E-state index < -0.39 is 21.7 Å². The molecule has 19 heavy (non-hydrogen) atoms. The summed E-state index contributed by atoms with van der Waals surface area (Å²) in [7, 11) is -3.45. The second-order valence-corrected chi connectivity index (χ2v) is 6.39. The van der Waals surface area contributed by atoms with Crippen LogP contribution >= 0.6 is 0 Å². The molecular formula is C12H17FN2O3S. The average Bonchev–Trinajstić information content (AvgIpc) is 2.27. The van der Waals surface area contributed by atoms with Crippen LogP contribution in [-0.2, 0) is 14.8 Å². The zero-order valence-corrected chi connectivity index (χ0v) is 11.9. The average molecular weight is 288 g/mol. The van der Waals surface area contributed by atoms with Crippen LogP contribution in [0.5, 0.6) is 0 Å². The van der Waals surface area contributed by atoms with Gasteiger partial charge in [0.15, 0.2) is 0 Å². The SMILES string of the molecule is CC(C)N(CC(=O)Nc1ccc(F)cc1)S(C)(=O)=O. The van der Waals surface area contributed by atoms with Crippen LogP contribution in [-0.4, -0.2) is 37.5 Å². The molecule has 0 atom stereocenters. The number of rotatable bonds is 5. The molecule has 0 aromatic heterocycles. The summed E-state index contributed by atoms with van der Waals surface area (Å²) >= 11 is 0. The van der Waals surface area contributed by atoms with Gasteiger partial charge in [-0.05, 0) is 38.1 Å². The van der Waals surface area contributed by atoms with E-state index in [-0.39, 0.29) is 12.6 Å². The first-order valence-corrected chi connectivity index (χ1v) is 7.57. The van der Waals surface area contributed by atoms with Gasteiger partial charge in [0, 0.05) is 11.7 Å². The molecule has 7 heteroatoms. The maximum absolute atomic E-state index is 12.7. The zero-order valence-electron chi connectivity index (χ0n) is 11.1. The fraction of sp³-hybridized carbons (Fsp3) is 0.417. The van der Waals surface area contributed by atoms with Crippen LogP contribution in [0.3, 0.4) is 0 Å². The monoisotopic (exact) mass is 288 g/mol. The summed E-state index contributed by atoms with van der Waals surface area (Å²) in [4.78, 5) is 11.7. The number of sulfonamides is 1. The Bertz CT molecular complexity index is 541. The highest BCUT2D eigenvalue weighted by atomic mass is 32.2. The number of nitrogens with zero attached hydrogens (tertiary/aromatic N) is 1. The highest BCUT2D eigenvalue weighted by Crippen LogP contribution is 2.09. The number of carbonyl (C=O) groups excluding carboxylic acids is 1. The number of benzene rings is 1. The maximum Gasteiger partial charge on any atom is 0.239 e.